The summed E-state index contributed by atoms with van der Waals surface area (Å²) in [6.07, 6.45) is 0.623. The van der Waals surface area contributed by atoms with Crippen molar-refractivity contribution in [2.45, 2.75) is 18.7 Å². The Kier molecular flexibility index (Phi) is 3.22. The fourth-order valence-electron chi connectivity index (χ4n) is 2.11. The molecule has 0 N–H and O–H groups in total. The molecule has 0 spiro atoms. The molecule has 0 aliphatic carbocycles. The fourth-order valence-corrected chi connectivity index (χ4v) is 2.20. The third-order valence-electron chi connectivity index (χ3n) is 3.06. The summed E-state index contributed by atoms with van der Waals surface area (Å²) < 4.78 is 5.23. The van der Waals surface area contributed by atoms with Gasteiger partial charge in [-0.2, -0.15) is 4.98 Å². The Bertz CT molecular complexity index is 701. The Morgan fingerprint density at radius 3 is 2.74 bits per heavy atom. The third-order valence-corrected chi connectivity index (χ3v) is 3.26. The number of rotatable bonds is 3. The molecule has 1 heterocycles. The largest absolute Gasteiger partial charge is 0.339 e. The predicted molar refractivity (Wildman–Crippen MR) is 75.3 cm³/mol. The van der Waals surface area contributed by atoms with E-state index in [1.165, 1.54) is 16.3 Å². The van der Waals surface area contributed by atoms with E-state index in [9.17, 15) is 0 Å². The molecule has 0 fully saturated rings. The van der Waals surface area contributed by atoms with E-state index < -0.39 is 0 Å². The van der Waals surface area contributed by atoms with Gasteiger partial charge in [0.05, 0.1) is 11.8 Å². The lowest BCUT2D eigenvalue weighted by Gasteiger charge is -2.03. The van der Waals surface area contributed by atoms with Gasteiger partial charge in [-0.05, 0) is 23.3 Å². The SMILES string of the molecule is CC(Cl)c1noc(Cc2cccc3ccccc23)n1. The van der Waals surface area contributed by atoms with Crippen LogP contribution in [-0.2, 0) is 6.42 Å². The highest BCUT2D eigenvalue weighted by Crippen LogP contribution is 2.22. The Morgan fingerprint density at radius 2 is 1.95 bits per heavy atom. The van der Waals surface area contributed by atoms with Gasteiger partial charge in [-0.15, -0.1) is 11.6 Å². The number of nitrogens with zero attached hydrogens (tertiary/aromatic N) is 2. The first-order valence-corrected chi connectivity index (χ1v) is 6.61. The molecule has 0 amide bonds. The number of aromatic nitrogens is 2. The molecule has 3 nitrogen and oxygen atoms in total. The highest BCUT2D eigenvalue weighted by Gasteiger charge is 2.12. The van der Waals surface area contributed by atoms with Crippen LogP contribution in [0.1, 0.15) is 29.6 Å². The standard InChI is InChI=1S/C15H13ClN2O/c1-10(16)15-17-14(19-18-15)9-12-7-4-6-11-5-2-3-8-13(11)12/h2-8,10H,9H2,1H3. The van der Waals surface area contributed by atoms with Crippen LogP contribution in [-0.4, -0.2) is 10.1 Å². The van der Waals surface area contributed by atoms with Crippen molar-refractivity contribution in [1.82, 2.24) is 10.1 Å². The Hall–Kier alpha value is -1.87. The highest BCUT2D eigenvalue weighted by atomic mass is 35.5. The Morgan fingerprint density at radius 1 is 1.16 bits per heavy atom. The van der Waals surface area contributed by atoms with Crippen LogP contribution < -0.4 is 0 Å². The van der Waals surface area contributed by atoms with Crippen molar-refractivity contribution >= 4 is 22.4 Å². The normalized spacial score (nSPS) is 12.7. The second-order valence-corrected chi connectivity index (χ2v) is 5.13. The average molecular weight is 273 g/mol. The molecule has 3 aromatic rings. The van der Waals surface area contributed by atoms with Crippen LogP contribution >= 0.6 is 11.6 Å². The van der Waals surface area contributed by atoms with E-state index in [-0.39, 0.29) is 5.38 Å². The van der Waals surface area contributed by atoms with E-state index in [1.807, 2.05) is 25.1 Å². The van der Waals surface area contributed by atoms with Crippen LogP contribution in [0.2, 0.25) is 0 Å². The average Bonchev–Trinajstić information content (AvgIpc) is 2.88. The summed E-state index contributed by atoms with van der Waals surface area (Å²) in [7, 11) is 0. The van der Waals surface area contributed by atoms with E-state index in [2.05, 4.69) is 34.4 Å². The van der Waals surface area contributed by atoms with Gasteiger partial charge in [-0.1, -0.05) is 47.6 Å². The van der Waals surface area contributed by atoms with Gasteiger partial charge in [0.1, 0.15) is 0 Å². The number of alkyl halides is 1. The molecule has 0 saturated carbocycles. The summed E-state index contributed by atoms with van der Waals surface area (Å²) in [6, 6.07) is 14.5. The molecule has 0 bridgehead atoms. The van der Waals surface area contributed by atoms with Gasteiger partial charge >= 0.3 is 0 Å². The van der Waals surface area contributed by atoms with Gasteiger partial charge < -0.3 is 4.52 Å². The minimum atomic E-state index is -0.231. The molecule has 4 heteroatoms. The van der Waals surface area contributed by atoms with Crippen molar-refractivity contribution in [3.63, 3.8) is 0 Å². The van der Waals surface area contributed by atoms with E-state index in [0.717, 1.165) is 0 Å². The van der Waals surface area contributed by atoms with Crippen LogP contribution in [0.5, 0.6) is 0 Å². The van der Waals surface area contributed by atoms with Crippen molar-refractivity contribution in [1.29, 1.82) is 0 Å². The van der Waals surface area contributed by atoms with Crippen LogP contribution in [0, 0.1) is 0 Å². The minimum absolute atomic E-state index is 0.231. The summed E-state index contributed by atoms with van der Waals surface area (Å²) >= 11 is 5.93. The second-order valence-electron chi connectivity index (χ2n) is 4.48. The minimum Gasteiger partial charge on any atom is -0.339 e. The quantitative estimate of drug-likeness (QED) is 0.674. The highest BCUT2D eigenvalue weighted by molar-refractivity contribution is 6.20. The molecule has 0 radical (unpaired) electrons. The first-order valence-electron chi connectivity index (χ1n) is 6.17. The number of halogens is 1. The zero-order valence-corrected chi connectivity index (χ0v) is 11.3. The van der Waals surface area contributed by atoms with Crippen molar-refractivity contribution in [2.75, 3.05) is 0 Å². The lowest BCUT2D eigenvalue weighted by molar-refractivity contribution is 0.379. The monoisotopic (exact) mass is 272 g/mol. The van der Waals surface area contributed by atoms with E-state index >= 15 is 0 Å². The molecule has 0 aliphatic rings. The van der Waals surface area contributed by atoms with Gasteiger partial charge in [0.25, 0.3) is 0 Å². The summed E-state index contributed by atoms with van der Waals surface area (Å²) in [4.78, 5) is 4.30. The van der Waals surface area contributed by atoms with Crippen molar-refractivity contribution < 1.29 is 4.52 Å². The number of benzene rings is 2. The third kappa shape index (κ3) is 2.47. The van der Waals surface area contributed by atoms with Crippen LogP contribution in [0.4, 0.5) is 0 Å². The lowest BCUT2D eigenvalue weighted by atomic mass is 10.0. The molecule has 96 valence electrons. The van der Waals surface area contributed by atoms with Gasteiger partial charge in [-0.25, -0.2) is 0 Å². The maximum atomic E-state index is 5.93. The van der Waals surface area contributed by atoms with Crippen LogP contribution in [0.15, 0.2) is 47.0 Å². The summed E-state index contributed by atoms with van der Waals surface area (Å²) in [6.45, 7) is 1.83. The number of hydrogen-bond donors (Lipinski definition) is 0. The second kappa shape index (κ2) is 5.02. The smallest absolute Gasteiger partial charge is 0.231 e. The summed E-state index contributed by atoms with van der Waals surface area (Å²) in [5, 5.41) is 6.07. The van der Waals surface area contributed by atoms with Crippen LogP contribution in [0.25, 0.3) is 10.8 Å². The summed E-state index contributed by atoms with van der Waals surface area (Å²) in [5.41, 5.74) is 1.18. The molecule has 0 saturated heterocycles. The molecular formula is C15H13ClN2O. The maximum Gasteiger partial charge on any atom is 0.231 e. The fraction of sp³-hybridized carbons (Fsp3) is 0.200. The Balaban J connectivity index is 1.96. The number of fused-ring (bicyclic) bond motifs is 1. The van der Waals surface area contributed by atoms with E-state index in [4.69, 9.17) is 16.1 Å². The molecule has 1 aromatic heterocycles. The predicted octanol–water partition coefficient (Wildman–Crippen LogP) is 4.11. The molecule has 0 aliphatic heterocycles. The lowest BCUT2D eigenvalue weighted by Crippen LogP contribution is -1.92. The first kappa shape index (κ1) is 12.2. The Labute approximate surface area is 116 Å². The number of hydrogen-bond acceptors (Lipinski definition) is 3. The maximum absolute atomic E-state index is 5.93. The first-order chi connectivity index (χ1) is 9.24. The van der Waals surface area contributed by atoms with E-state index in [1.54, 1.807) is 0 Å². The van der Waals surface area contributed by atoms with Gasteiger partial charge in [0, 0.05) is 0 Å². The molecule has 19 heavy (non-hydrogen) atoms. The van der Waals surface area contributed by atoms with Crippen molar-refractivity contribution in [2.24, 2.45) is 0 Å². The zero-order chi connectivity index (χ0) is 13.2. The summed E-state index contributed by atoms with van der Waals surface area (Å²) in [5.74, 6) is 1.13. The van der Waals surface area contributed by atoms with Gasteiger partial charge in [0.15, 0.2) is 5.82 Å². The van der Waals surface area contributed by atoms with Crippen molar-refractivity contribution in [3.05, 3.63) is 59.7 Å². The molecule has 3 rings (SSSR count). The molecule has 2 aromatic carbocycles. The molecule has 1 atom stereocenters. The van der Waals surface area contributed by atoms with Crippen LogP contribution in [0.3, 0.4) is 0 Å². The molecule has 1 unspecified atom stereocenters. The van der Waals surface area contributed by atoms with Gasteiger partial charge in [-0.3, -0.25) is 0 Å². The molecular weight excluding hydrogens is 260 g/mol. The van der Waals surface area contributed by atoms with Gasteiger partial charge in [0.2, 0.25) is 5.89 Å². The van der Waals surface area contributed by atoms with Crippen molar-refractivity contribution in [3.8, 4) is 0 Å². The zero-order valence-electron chi connectivity index (χ0n) is 10.5. The topological polar surface area (TPSA) is 38.9 Å². The van der Waals surface area contributed by atoms with E-state index in [0.29, 0.717) is 18.1 Å².